The molecule has 104 valence electrons. The summed E-state index contributed by atoms with van der Waals surface area (Å²) in [6.45, 7) is 0. The Morgan fingerprint density at radius 3 is 2.75 bits per heavy atom. The minimum Gasteiger partial charge on any atom is -0.497 e. The van der Waals surface area contributed by atoms with Gasteiger partial charge in [0.15, 0.2) is 5.82 Å². The molecular formula is C14H11BrClIN2O. The molecule has 0 radical (unpaired) electrons. The molecule has 20 heavy (non-hydrogen) atoms. The third-order valence-corrected chi connectivity index (χ3v) is 5.56. The summed E-state index contributed by atoms with van der Waals surface area (Å²) in [5.41, 5.74) is 1.96. The molecule has 0 spiro atoms. The molecule has 3 rings (SSSR count). The van der Waals surface area contributed by atoms with Crippen molar-refractivity contribution < 1.29 is 4.74 Å². The monoisotopic (exact) mass is 464 g/mol. The number of hydrogen-bond acceptors (Lipinski definition) is 3. The molecule has 0 saturated heterocycles. The van der Waals surface area contributed by atoms with Crippen molar-refractivity contribution in [1.29, 1.82) is 0 Å². The Morgan fingerprint density at radius 2 is 2.10 bits per heavy atom. The summed E-state index contributed by atoms with van der Waals surface area (Å²) < 4.78 is 7.16. The van der Waals surface area contributed by atoms with Gasteiger partial charge in [0.2, 0.25) is 0 Å². The number of ether oxygens (including phenoxy) is 1. The first-order valence-corrected chi connectivity index (χ1v) is 8.42. The van der Waals surface area contributed by atoms with E-state index in [1.165, 1.54) is 12.8 Å². The first-order valence-electron chi connectivity index (χ1n) is 6.17. The Labute approximate surface area is 144 Å². The van der Waals surface area contributed by atoms with Crippen LogP contribution in [0.3, 0.4) is 0 Å². The van der Waals surface area contributed by atoms with E-state index in [2.05, 4.69) is 43.5 Å². The lowest BCUT2D eigenvalue weighted by Gasteiger charge is -2.10. The highest BCUT2D eigenvalue weighted by Crippen LogP contribution is 2.43. The Morgan fingerprint density at radius 1 is 1.35 bits per heavy atom. The molecule has 1 aliphatic rings. The second kappa shape index (κ2) is 5.77. The smallest absolute Gasteiger partial charge is 0.162 e. The molecule has 1 aromatic heterocycles. The Hall–Kier alpha value is -0.400. The van der Waals surface area contributed by atoms with Gasteiger partial charge >= 0.3 is 0 Å². The van der Waals surface area contributed by atoms with Crippen LogP contribution in [0.25, 0.3) is 11.4 Å². The first-order chi connectivity index (χ1) is 9.60. The largest absolute Gasteiger partial charge is 0.497 e. The van der Waals surface area contributed by atoms with Crippen LogP contribution >= 0.6 is 50.1 Å². The maximum absolute atomic E-state index is 6.26. The van der Waals surface area contributed by atoms with E-state index < -0.39 is 0 Å². The van der Waals surface area contributed by atoms with Gasteiger partial charge in [0.05, 0.1) is 16.4 Å². The van der Waals surface area contributed by atoms with Crippen molar-refractivity contribution in [2.75, 3.05) is 7.11 Å². The quantitative estimate of drug-likeness (QED) is 0.470. The van der Waals surface area contributed by atoms with E-state index >= 15 is 0 Å². The number of nitrogens with zero attached hydrogens (tertiary/aromatic N) is 2. The molecule has 1 heterocycles. The van der Waals surface area contributed by atoms with Crippen LogP contribution in [0.4, 0.5) is 0 Å². The zero-order valence-corrected chi connectivity index (χ0v) is 15.2. The van der Waals surface area contributed by atoms with E-state index in [1.54, 1.807) is 7.11 Å². The average Bonchev–Trinajstić information content (AvgIpc) is 3.27. The molecule has 0 atom stereocenters. The summed E-state index contributed by atoms with van der Waals surface area (Å²) in [5, 5.41) is 0.521. The molecule has 0 bridgehead atoms. The molecule has 1 aromatic carbocycles. The molecule has 1 saturated carbocycles. The number of halogens is 3. The molecule has 1 aliphatic carbocycles. The summed E-state index contributed by atoms with van der Waals surface area (Å²) in [6, 6.07) is 5.74. The normalized spacial score (nSPS) is 14.4. The highest BCUT2D eigenvalue weighted by Gasteiger charge is 2.29. The minimum absolute atomic E-state index is 0.521. The molecule has 6 heteroatoms. The van der Waals surface area contributed by atoms with Crippen molar-refractivity contribution in [2.45, 2.75) is 18.8 Å². The molecular weight excluding hydrogens is 454 g/mol. The van der Waals surface area contributed by atoms with Gasteiger partial charge in [0, 0.05) is 16.0 Å². The number of aromatic nitrogens is 2. The van der Waals surface area contributed by atoms with Gasteiger partial charge in [-0.2, -0.15) is 0 Å². The first kappa shape index (κ1) is 14.5. The molecule has 0 N–H and O–H groups in total. The van der Waals surface area contributed by atoms with Crippen LogP contribution < -0.4 is 4.74 Å². The lowest BCUT2D eigenvalue weighted by molar-refractivity contribution is 0.415. The summed E-state index contributed by atoms with van der Waals surface area (Å²) in [6.07, 6.45) is 2.37. The van der Waals surface area contributed by atoms with Crippen LogP contribution in [-0.4, -0.2) is 17.1 Å². The zero-order chi connectivity index (χ0) is 14.3. The zero-order valence-electron chi connectivity index (χ0n) is 10.7. The fraction of sp³-hybridized carbons (Fsp3) is 0.286. The Kier molecular flexibility index (Phi) is 4.19. The summed E-state index contributed by atoms with van der Waals surface area (Å²) in [5.74, 6) is 1.95. The van der Waals surface area contributed by atoms with E-state index in [9.17, 15) is 0 Å². The number of hydrogen-bond donors (Lipinski definition) is 0. The third-order valence-electron chi connectivity index (χ3n) is 3.21. The van der Waals surface area contributed by atoms with Gasteiger partial charge in [0.25, 0.3) is 0 Å². The second-order valence-corrected chi connectivity index (χ2v) is 6.95. The van der Waals surface area contributed by atoms with Crippen molar-refractivity contribution in [3.8, 4) is 17.1 Å². The van der Waals surface area contributed by atoms with Crippen LogP contribution in [0.1, 0.15) is 24.5 Å². The van der Waals surface area contributed by atoms with E-state index in [0.29, 0.717) is 16.9 Å². The third kappa shape index (κ3) is 2.80. The average molecular weight is 466 g/mol. The van der Waals surface area contributed by atoms with Gasteiger partial charge in [-0.25, -0.2) is 9.97 Å². The van der Waals surface area contributed by atoms with Gasteiger partial charge in [-0.3, -0.25) is 0 Å². The van der Waals surface area contributed by atoms with Crippen molar-refractivity contribution in [2.24, 2.45) is 0 Å². The van der Waals surface area contributed by atoms with E-state index in [1.807, 2.05) is 18.2 Å². The topological polar surface area (TPSA) is 35.0 Å². The number of rotatable bonds is 3. The SMILES string of the molecule is COc1ccc(Br)c(-c2nc(Cl)c(I)c(C3CC3)n2)c1. The fourth-order valence-corrected chi connectivity index (χ4v) is 3.27. The Balaban J connectivity index is 2.14. The van der Waals surface area contributed by atoms with Crippen LogP contribution in [0, 0.1) is 3.57 Å². The summed E-state index contributed by atoms with van der Waals surface area (Å²) in [4.78, 5) is 9.12. The molecule has 2 aromatic rings. The van der Waals surface area contributed by atoms with Gasteiger partial charge < -0.3 is 4.74 Å². The van der Waals surface area contributed by atoms with E-state index in [-0.39, 0.29) is 0 Å². The van der Waals surface area contributed by atoms with Gasteiger partial charge in [-0.05, 0) is 53.6 Å². The summed E-state index contributed by atoms with van der Waals surface area (Å²) >= 11 is 12.0. The molecule has 1 fully saturated rings. The highest BCUT2D eigenvalue weighted by molar-refractivity contribution is 14.1. The maximum Gasteiger partial charge on any atom is 0.162 e. The lowest BCUT2D eigenvalue weighted by atomic mass is 10.2. The van der Waals surface area contributed by atoms with E-state index in [4.69, 9.17) is 21.3 Å². The second-order valence-electron chi connectivity index (χ2n) is 4.66. The molecule has 3 nitrogen and oxygen atoms in total. The maximum atomic E-state index is 6.26. The minimum atomic E-state index is 0.521. The van der Waals surface area contributed by atoms with Gasteiger partial charge in [0.1, 0.15) is 10.9 Å². The van der Waals surface area contributed by atoms with Crippen LogP contribution in [0.5, 0.6) is 5.75 Å². The standard InChI is InChI=1S/C14H11BrClIN2O/c1-20-8-4-5-10(15)9(6-8)14-18-12(7-2-3-7)11(17)13(16)19-14/h4-7H,2-3H2,1H3. The molecule has 0 aliphatic heterocycles. The lowest BCUT2D eigenvalue weighted by Crippen LogP contribution is -2.00. The van der Waals surface area contributed by atoms with Crippen LogP contribution in [-0.2, 0) is 0 Å². The predicted octanol–water partition coefficient (Wildman–Crippen LogP) is 5.05. The van der Waals surface area contributed by atoms with E-state index in [0.717, 1.165) is 25.0 Å². The van der Waals surface area contributed by atoms with Crippen molar-refractivity contribution >= 4 is 50.1 Å². The molecule has 0 unspecified atom stereocenters. The molecule has 0 amide bonds. The van der Waals surface area contributed by atoms with Crippen molar-refractivity contribution in [3.63, 3.8) is 0 Å². The van der Waals surface area contributed by atoms with Crippen LogP contribution in [0.2, 0.25) is 5.15 Å². The van der Waals surface area contributed by atoms with Crippen molar-refractivity contribution in [3.05, 3.63) is 37.1 Å². The number of benzene rings is 1. The van der Waals surface area contributed by atoms with Gasteiger partial charge in [-0.15, -0.1) is 0 Å². The fourth-order valence-electron chi connectivity index (χ4n) is 1.99. The van der Waals surface area contributed by atoms with Gasteiger partial charge in [-0.1, -0.05) is 27.5 Å². The van der Waals surface area contributed by atoms with Crippen LogP contribution in [0.15, 0.2) is 22.7 Å². The number of methoxy groups -OCH3 is 1. The summed E-state index contributed by atoms with van der Waals surface area (Å²) in [7, 11) is 1.64. The predicted molar refractivity (Wildman–Crippen MR) is 91.4 cm³/mol. The van der Waals surface area contributed by atoms with Crippen molar-refractivity contribution in [1.82, 2.24) is 9.97 Å². The Bertz CT molecular complexity index is 676. The highest BCUT2D eigenvalue weighted by atomic mass is 127.